The van der Waals surface area contributed by atoms with Crippen molar-refractivity contribution in [3.8, 4) is 0 Å². The number of ether oxygens (including phenoxy) is 4. The summed E-state index contributed by atoms with van der Waals surface area (Å²) >= 11 is 0. The molecular weight excluding hydrogens is 452 g/mol. The Labute approximate surface area is 206 Å². The molecule has 0 aromatic rings. The van der Waals surface area contributed by atoms with E-state index in [9.17, 15) is 19.2 Å². The Morgan fingerprint density at radius 3 is 2.37 bits per heavy atom. The fraction of sp³-hybridized carbons (Fsp3) is 0.704. The Bertz CT molecular complexity index is 1040. The number of carbonyl (C=O) groups excluding carboxylic acids is 4. The van der Waals surface area contributed by atoms with Crippen molar-refractivity contribution in [2.75, 3.05) is 14.2 Å². The molecule has 8 heteroatoms. The van der Waals surface area contributed by atoms with Crippen molar-refractivity contribution in [2.24, 2.45) is 34.0 Å². The molecule has 0 amide bonds. The first-order valence-corrected chi connectivity index (χ1v) is 12.2. The highest BCUT2D eigenvalue weighted by Gasteiger charge is 2.75. The Morgan fingerprint density at radius 2 is 1.80 bits per heavy atom. The van der Waals surface area contributed by atoms with Crippen molar-refractivity contribution in [3.05, 3.63) is 23.8 Å². The second kappa shape index (κ2) is 8.02. The molecular formula is C27H36O8. The number of rotatable bonds is 5. The molecule has 2 saturated heterocycles. The van der Waals surface area contributed by atoms with Gasteiger partial charge in [-0.2, -0.15) is 0 Å². The van der Waals surface area contributed by atoms with Gasteiger partial charge in [0.2, 0.25) is 11.9 Å². The molecule has 4 aliphatic rings. The molecule has 0 aromatic carbocycles. The molecule has 2 aliphatic heterocycles. The second-order valence-electron chi connectivity index (χ2n) is 11.6. The predicted octanol–water partition coefficient (Wildman–Crippen LogP) is 3.53. The van der Waals surface area contributed by atoms with Crippen LogP contribution in [0.4, 0.5) is 0 Å². The van der Waals surface area contributed by atoms with Crippen LogP contribution in [0.5, 0.6) is 0 Å². The maximum Gasteiger partial charge on any atom is 0.345 e. The number of Topliss-reactive ketones (excluding diaryl/α,β-unsaturated/α-hetero) is 1. The lowest BCUT2D eigenvalue weighted by molar-refractivity contribution is -0.257. The van der Waals surface area contributed by atoms with E-state index in [0.717, 1.165) is 11.1 Å². The zero-order valence-electron chi connectivity index (χ0n) is 21.7. The van der Waals surface area contributed by atoms with Gasteiger partial charge in [0.15, 0.2) is 5.78 Å². The van der Waals surface area contributed by atoms with Crippen LogP contribution in [0.25, 0.3) is 0 Å². The van der Waals surface area contributed by atoms with Crippen LogP contribution in [-0.2, 0) is 38.1 Å². The summed E-state index contributed by atoms with van der Waals surface area (Å²) in [6, 6.07) is 0. The SMILES string of the molecule is C=C(C)C1=CC[C@]2(C)[C@@H]3C(=O)O[C@@H]4O[C@](C)(C(=O)OC)C(=O)[C@](C)(C[C@H]2[C@]1(C)CCC(=O)OC)[C@@H]43. The monoisotopic (exact) mass is 488 g/mol. The van der Waals surface area contributed by atoms with Crippen molar-refractivity contribution in [1.82, 2.24) is 0 Å². The number of hydrogen-bond acceptors (Lipinski definition) is 8. The van der Waals surface area contributed by atoms with Gasteiger partial charge in [0.05, 0.1) is 20.1 Å². The molecule has 4 rings (SSSR count). The van der Waals surface area contributed by atoms with Crippen LogP contribution in [-0.4, -0.2) is 49.8 Å². The maximum atomic E-state index is 14.0. The smallest absolute Gasteiger partial charge is 0.345 e. The van der Waals surface area contributed by atoms with Gasteiger partial charge in [-0.15, -0.1) is 0 Å². The molecule has 2 heterocycles. The van der Waals surface area contributed by atoms with Crippen LogP contribution in [0.2, 0.25) is 0 Å². The van der Waals surface area contributed by atoms with Crippen molar-refractivity contribution in [3.63, 3.8) is 0 Å². The minimum atomic E-state index is -1.88. The van der Waals surface area contributed by atoms with Crippen LogP contribution in [0.3, 0.4) is 0 Å². The van der Waals surface area contributed by atoms with E-state index < -0.39 is 57.7 Å². The Kier molecular flexibility index (Phi) is 5.86. The number of allylic oxidation sites excluding steroid dienone is 3. The van der Waals surface area contributed by atoms with E-state index in [1.165, 1.54) is 21.1 Å². The molecule has 0 aromatic heterocycles. The van der Waals surface area contributed by atoms with Crippen LogP contribution >= 0.6 is 0 Å². The predicted molar refractivity (Wildman–Crippen MR) is 125 cm³/mol. The Hall–Kier alpha value is -2.48. The second-order valence-corrected chi connectivity index (χ2v) is 11.6. The van der Waals surface area contributed by atoms with E-state index in [1.807, 2.05) is 13.8 Å². The molecule has 2 aliphatic carbocycles. The van der Waals surface area contributed by atoms with E-state index in [-0.39, 0.29) is 18.3 Å². The summed E-state index contributed by atoms with van der Waals surface area (Å²) in [4.78, 5) is 52.3. The molecule has 0 unspecified atom stereocenters. The van der Waals surface area contributed by atoms with E-state index in [2.05, 4.69) is 26.5 Å². The van der Waals surface area contributed by atoms with Gasteiger partial charge < -0.3 is 18.9 Å². The van der Waals surface area contributed by atoms with Crippen molar-refractivity contribution in [2.45, 2.75) is 72.2 Å². The normalized spacial score (nSPS) is 43.9. The third-order valence-electron chi connectivity index (χ3n) is 9.55. The number of ketones is 1. The molecule has 8 atom stereocenters. The van der Waals surface area contributed by atoms with Crippen LogP contribution in [0.15, 0.2) is 23.8 Å². The van der Waals surface area contributed by atoms with E-state index in [4.69, 9.17) is 18.9 Å². The maximum absolute atomic E-state index is 14.0. The Morgan fingerprint density at radius 1 is 1.14 bits per heavy atom. The zero-order chi connectivity index (χ0) is 26.1. The molecule has 0 bridgehead atoms. The molecule has 1 saturated carbocycles. The lowest BCUT2D eigenvalue weighted by atomic mass is 9.39. The molecule has 192 valence electrons. The van der Waals surface area contributed by atoms with Crippen molar-refractivity contribution >= 4 is 23.7 Å². The standard InChI is InChI=1S/C27H36O8/c1-14(2)15-9-11-25(4)16(24(15,3)12-10-17(28)32-7)13-26(5)19-18(25)20(29)34-21(19)35-27(6,22(26)30)23(31)33-8/h9,16,18-19,21H,1,10-13H2,2-8H3/t16-,18-,19+,21+,24+,25-,26+,27-/m0/s1. The highest BCUT2D eigenvalue weighted by atomic mass is 16.7. The van der Waals surface area contributed by atoms with Crippen LogP contribution < -0.4 is 0 Å². The third kappa shape index (κ3) is 3.28. The summed E-state index contributed by atoms with van der Waals surface area (Å²) in [5, 5.41) is 0. The summed E-state index contributed by atoms with van der Waals surface area (Å²) in [5.41, 5.74) is -2.13. The van der Waals surface area contributed by atoms with Crippen molar-refractivity contribution < 1.29 is 38.1 Å². The van der Waals surface area contributed by atoms with Gasteiger partial charge in [-0.3, -0.25) is 14.4 Å². The van der Waals surface area contributed by atoms with Crippen LogP contribution in [0, 0.1) is 34.0 Å². The van der Waals surface area contributed by atoms with Gasteiger partial charge in [0, 0.05) is 17.8 Å². The van der Waals surface area contributed by atoms with Gasteiger partial charge in [0.25, 0.3) is 0 Å². The number of carbonyl (C=O) groups is 4. The van der Waals surface area contributed by atoms with E-state index in [1.54, 1.807) is 0 Å². The fourth-order valence-electron chi connectivity index (χ4n) is 7.83. The van der Waals surface area contributed by atoms with Crippen LogP contribution in [0.1, 0.15) is 60.3 Å². The molecule has 0 spiro atoms. The molecule has 35 heavy (non-hydrogen) atoms. The minimum absolute atomic E-state index is 0.169. The van der Waals surface area contributed by atoms with Crippen molar-refractivity contribution in [1.29, 1.82) is 0 Å². The van der Waals surface area contributed by atoms with E-state index in [0.29, 0.717) is 19.3 Å². The average Bonchev–Trinajstić information content (AvgIpc) is 3.14. The van der Waals surface area contributed by atoms with E-state index >= 15 is 0 Å². The largest absolute Gasteiger partial charge is 0.469 e. The lowest BCUT2D eigenvalue weighted by Gasteiger charge is -2.63. The summed E-state index contributed by atoms with van der Waals surface area (Å²) < 4.78 is 21.5. The topological polar surface area (TPSA) is 105 Å². The summed E-state index contributed by atoms with van der Waals surface area (Å²) in [7, 11) is 2.56. The van der Waals surface area contributed by atoms with Gasteiger partial charge in [-0.1, -0.05) is 39.0 Å². The molecule has 0 radical (unpaired) electrons. The Balaban J connectivity index is 1.88. The summed E-state index contributed by atoms with van der Waals surface area (Å²) in [5.74, 6) is -3.23. The highest BCUT2D eigenvalue weighted by molar-refractivity contribution is 6.10. The van der Waals surface area contributed by atoms with Gasteiger partial charge in [-0.05, 0) is 55.4 Å². The minimum Gasteiger partial charge on any atom is -0.469 e. The third-order valence-corrected chi connectivity index (χ3v) is 9.55. The number of hydrogen-bond donors (Lipinski definition) is 0. The quantitative estimate of drug-likeness (QED) is 0.329. The summed E-state index contributed by atoms with van der Waals surface area (Å²) in [6.07, 6.45) is 2.81. The first-order valence-electron chi connectivity index (χ1n) is 12.2. The summed E-state index contributed by atoms with van der Waals surface area (Å²) in [6.45, 7) is 13.5. The number of fused-ring (bicyclic) bond motifs is 2. The number of esters is 3. The fourth-order valence-corrected chi connectivity index (χ4v) is 7.83. The first-order chi connectivity index (χ1) is 16.2. The molecule has 8 nitrogen and oxygen atoms in total. The lowest BCUT2D eigenvalue weighted by Crippen LogP contribution is -2.69. The first kappa shape index (κ1) is 25.6. The van der Waals surface area contributed by atoms with Gasteiger partial charge in [0.1, 0.15) is 0 Å². The van der Waals surface area contributed by atoms with Gasteiger partial charge >= 0.3 is 17.9 Å². The zero-order valence-corrected chi connectivity index (χ0v) is 21.7. The average molecular weight is 489 g/mol. The molecule has 3 fully saturated rings. The molecule has 0 N–H and O–H groups in total. The highest BCUT2D eigenvalue weighted by Crippen LogP contribution is 2.70. The number of methoxy groups -OCH3 is 2. The van der Waals surface area contributed by atoms with Gasteiger partial charge in [-0.25, -0.2) is 4.79 Å².